The molecule has 1 heterocycles. The maximum Gasteiger partial charge on any atom is 0.328 e. The van der Waals surface area contributed by atoms with Gasteiger partial charge in [-0.05, 0) is 59.2 Å². The van der Waals surface area contributed by atoms with Gasteiger partial charge in [0.1, 0.15) is 0 Å². The first-order chi connectivity index (χ1) is 11.6. The van der Waals surface area contributed by atoms with E-state index in [4.69, 9.17) is 0 Å². The zero-order chi connectivity index (χ0) is 18.8. The van der Waals surface area contributed by atoms with Crippen LogP contribution in [0.4, 0.5) is 10.5 Å². The van der Waals surface area contributed by atoms with Crippen molar-refractivity contribution in [2.75, 3.05) is 18.4 Å². The fourth-order valence-corrected chi connectivity index (χ4v) is 3.85. The summed E-state index contributed by atoms with van der Waals surface area (Å²) in [4.78, 5) is 29.4. The molecule has 138 valence electrons. The van der Waals surface area contributed by atoms with Gasteiger partial charge in [-0.25, -0.2) is 4.79 Å². The molecule has 0 spiro atoms. The number of rotatable bonds is 3. The molecule has 25 heavy (non-hydrogen) atoms. The molecule has 5 nitrogen and oxygen atoms in total. The van der Waals surface area contributed by atoms with Crippen molar-refractivity contribution < 1.29 is 9.59 Å². The molecule has 0 atom stereocenters. The van der Waals surface area contributed by atoms with E-state index in [2.05, 4.69) is 44.8 Å². The van der Waals surface area contributed by atoms with Crippen molar-refractivity contribution in [2.45, 2.75) is 65.5 Å². The van der Waals surface area contributed by atoms with E-state index in [0.717, 1.165) is 24.2 Å². The molecular weight excluding hydrogens is 314 g/mol. The lowest BCUT2D eigenvalue weighted by Gasteiger charge is -2.46. The van der Waals surface area contributed by atoms with Gasteiger partial charge in [0.2, 0.25) is 5.91 Å². The highest BCUT2D eigenvalue weighted by Crippen LogP contribution is 2.33. The lowest BCUT2D eigenvalue weighted by atomic mass is 9.91. The van der Waals surface area contributed by atoms with Gasteiger partial charge in [-0.1, -0.05) is 25.1 Å². The monoisotopic (exact) mass is 345 g/mol. The van der Waals surface area contributed by atoms with Crippen LogP contribution in [0.25, 0.3) is 0 Å². The van der Waals surface area contributed by atoms with Crippen LogP contribution in [0, 0.1) is 6.92 Å². The Bertz CT molecular complexity index is 652. The van der Waals surface area contributed by atoms with E-state index >= 15 is 0 Å². The van der Waals surface area contributed by atoms with Crippen LogP contribution in [0.3, 0.4) is 0 Å². The van der Waals surface area contributed by atoms with Crippen LogP contribution < -0.4 is 5.32 Å². The summed E-state index contributed by atoms with van der Waals surface area (Å²) in [6.45, 7) is 13.8. The SMILES string of the molecule is CCCN1C(C)(C)CC(=O)N(C(=O)Nc2ccccc2C)CC1(C)C. The van der Waals surface area contributed by atoms with E-state index in [0.29, 0.717) is 13.0 Å². The van der Waals surface area contributed by atoms with E-state index in [-0.39, 0.29) is 23.0 Å². The number of hydrogen-bond acceptors (Lipinski definition) is 3. The maximum absolute atomic E-state index is 12.8. The molecule has 0 bridgehead atoms. The number of urea groups is 1. The topological polar surface area (TPSA) is 52.7 Å². The Morgan fingerprint density at radius 3 is 2.40 bits per heavy atom. The van der Waals surface area contributed by atoms with Crippen molar-refractivity contribution in [1.29, 1.82) is 0 Å². The van der Waals surface area contributed by atoms with Crippen molar-refractivity contribution in [1.82, 2.24) is 9.80 Å². The first-order valence-corrected chi connectivity index (χ1v) is 9.03. The van der Waals surface area contributed by atoms with Crippen LogP contribution in [-0.2, 0) is 4.79 Å². The number of nitrogens with one attached hydrogen (secondary N) is 1. The first kappa shape index (κ1) is 19.4. The highest BCUT2D eigenvalue weighted by molar-refractivity contribution is 6.02. The number of benzene rings is 1. The van der Waals surface area contributed by atoms with E-state index in [1.54, 1.807) is 0 Å². The Hall–Kier alpha value is -1.88. The van der Waals surface area contributed by atoms with Crippen molar-refractivity contribution in [3.63, 3.8) is 0 Å². The third kappa shape index (κ3) is 4.21. The second-order valence-corrected chi connectivity index (χ2v) is 8.18. The summed E-state index contributed by atoms with van der Waals surface area (Å²) in [5.41, 5.74) is 1.15. The van der Waals surface area contributed by atoms with Gasteiger partial charge in [0.05, 0.1) is 0 Å². The number of amides is 3. The average Bonchev–Trinajstić information content (AvgIpc) is 2.57. The van der Waals surface area contributed by atoms with E-state index in [1.165, 1.54) is 4.90 Å². The van der Waals surface area contributed by atoms with Gasteiger partial charge in [-0.15, -0.1) is 0 Å². The summed E-state index contributed by atoms with van der Waals surface area (Å²) < 4.78 is 0. The molecule has 1 aromatic carbocycles. The summed E-state index contributed by atoms with van der Waals surface area (Å²) >= 11 is 0. The smallest absolute Gasteiger partial charge is 0.307 e. The number of carbonyl (C=O) groups excluding carboxylic acids is 2. The Labute approximate surface area is 151 Å². The second kappa shape index (κ2) is 7.16. The van der Waals surface area contributed by atoms with Crippen molar-refractivity contribution in [2.24, 2.45) is 0 Å². The Balaban J connectivity index is 2.28. The maximum atomic E-state index is 12.8. The van der Waals surface area contributed by atoms with Crippen LogP contribution in [0.1, 0.15) is 53.0 Å². The Morgan fingerprint density at radius 2 is 1.80 bits per heavy atom. The van der Waals surface area contributed by atoms with Crippen molar-refractivity contribution >= 4 is 17.6 Å². The number of anilines is 1. The fraction of sp³-hybridized carbons (Fsp3) is 0.600. The summed E-state index contributed by atoms with van der Waals surface area (Å²) in [5.74, 6) is -0.122. The molecule has 0 unspecified atom stereocenters. The number of aryl methyl sites for hydroxylation is 1. The lowest BCUT2D eigenvalue weighted by Crippen LogP contribution is -2.57. The van der Waals surface area contributed by atoms with Gasteiger partial charge in [-0.3, -0.25) is 14.6 Å². The third-order valence-electron chi connectivity index (χ3n) is 4.97. The summed E-state index contributed by atoms with van der Waals surface area (Å²) in [7, 11) is 0. The number of hydrogen-bond donors (Lipinski definition) is 1. The highest BCUT2D eigenvalue weighted by Gasteiger charge is 2.45. The quantitative estimate of drug-likeness (QED) is 0.900. The molecule has 3 amide bonds. The molecule has 1 N–H and O–H groups in total. The minimum atomic E-state index is -0.346. The number of carbonyl (C=O) groups is 2. The van der Waals surface area contributed by atoms with Gasteiger partial charge in [0.25, 0.3) is 0 Å². The molecule has 1 aromatic rings. The van der Waals surface area contributed by atoms with Gasteiger partial charge >= 0.3 is 6.03 Å². The normalized spacial score (nSPS) is 20.2. The van der Waals surface area contributed by atoms with Crippen LogP contribution in [0.15, 0.2) is 24.3 Å². The van der Waals surface area contributed by atoms with Gasteiger partial charge in [0.15, 0.2) is 0 Å². The number of imide groups is 1. The average molecular weight is 345 g/mol. The predicted molar refractivity (Wildman–Crippen MR) is 102 cm³/mol. The molecule has 1 aliphatic rings. The summed E-state index contributed by atoms with van der Waals surface area (Å²) in [6, 6.07) is 7.25. The molecule has 1 aliphatic heterocycles. The number of nitrogens with zero attached hydrogens (tertiary/aromatic N) is 2. The molecule has 0 saturated carbocycles. The third-order valence-corrected chi connectivity index (χ3v) is 4.97. The minimum absolute atomic E-state index is 0.122. The summed E-state index contributed by atoms with van der Waals surface area (Å²) in [5, 5.41) is 2.90. The molecule has 0 aliphatic carbocycles. The highest BCUT2D eigenvalue weighted by atomic mass is 16.2. The molecule has 0 aromatic heterocycles. The van der Waals surface area contributed by atoms with Crippen LogP contribution >= 0.6 is 0 Å². The minimum Gasteiger partial charge on any atom is -0.307 e. The fourth-order valence-electron chi connectivity index (χ4n) is 3.85. The van der Waals surface area contributed by atoms with Gasteiger partial charge < -0.3 is 5.32 Å². The first-order valence-electron chi connectivity index (χ1n) is 9.03. The van der Waals surface area contributed by atoms with Gasteiger partial charge in [0, 0.05) is 29.7 Å². The molecular formula is C20H31N3O2. The molecule has 1 fully saturated rings. The molecule has 2 rings (SSSR count). The molecule has 1 saturated heterocycles. The van der Waals surface area contributed by atoms with E-state index in [1.807, 2.05) is 31.2 Å². The van der Waals surface area contributed by atoms with E-state index < -0.39 is 0 Å². The molecule has 5 heteroatoms. The lowest BCUT2D eigenvalue weighted by molar-refractivity contribution is -0.128. The second-order valence-electron chi connectivity index (χ2n) is 8.18. The van der Waals surface area contributed by atoms with Crippen LogP contribution in [0.5, 0.6) is 0 Å². The molecule has 0 radical (unpaired) electrons. The van der Waals surface area contributed by atoms with Gasteiger partial charge in [-0.2, -0.15) is 0 Å². The van der Waals surface area contributed by atoms with Crippen LogP contribution in [0.2, 0.25) is 0 Å². The largest absolute Gasteiger partial charge is 0.328 e. The Morgan fingerprint density at radius 1 is 1.16 bits per heavy atom. The van der Waals surface area contributed by atoms with Crippen molar-refractivity contribution in [3.05, 3.63) is 29.8 Å². The summed E-state index contributed by atoms with van der Waals surface area (Å²) in [6.07, 6.45) is 1.34. The number of para-hydroxylation sites is 1. The zero-order valence-corrected chi connectivity index (χ0v) is 16.3. The van der Waals surface area contributed by atoms with Crippen LogP contribution in [-0.4, -0.2) is 45.9 Å². The Kier molecular flexibility index (Phi) is 5.57. The van der Waals surface area contributed by atoms with E-state index in [9.17, 15) is 9.59 Å². The predicted octanol–water partition coefficient (Wildman–Crippen LogP) is 4.03. The van der Waals surface area contributed by atoms with Crippen molar-refractivity contribution in [3.8, 4) is 0 Å². The zero-order valence-electron chi connectivity index (χ0n) is 16.3. The standard InChI is InChI=1S/C20H31N3O2/c1-7-12-23-19(3,4)13-17(24)22(14-20(23,5)6)18(25)21-16-11-9-8-10-15(16)2/h8-11H,7,12-14H2,1-6H3,(H,21,25).